The molecule has 18 heavy (non-hydrogen) atoms. The van der Waals surface area contributed by atoms with Gasteiger partial charge in [0.15, 0.2) is 0 Å². The van der Waals surface area contributed by atoms with Crippen molar-refractivity contribution in [1.82, 2.24) is 20.1 Å². The Morgan fingerprint density at radius 1 is 1.33 bits per heavy atom. The number of aryl methyl sites for hydroxylation is 1. The normalized spacial score (nSPS) is 12.8. The van der Waals surface area contributed by atoms with Gasteiger partial charge in [-0.25, -0.2) is 4.98 Å². The van der Waals surface area contributed by atoms with Crippen LogP contribution in [0.25, 0.3) is 0 Å². The molecule has 1 rings (SSSR count). The lowest BCUT2D eigenvalue weighted by atomic mass is 10.1. The van der Waals surface area contributed by atoms with Crippen molar-refractivity contribution in [1.29, 1.82) is 0 Å². The smallest absolute Gasteiger partial charge is 0.138 e. The molecule has 1 heterocycles. The molecule has 0 saturated carbocycles. The van der Waals surface area contributed by atoms with Crippen molar-refractivity contribution in [2.75, 3.05) is 19.8 Å². The molecule has 1 aromatic heterocycles. The number of rotatable bonds is 10. The molecule has 0 amide bonds. The summed E-state index contributed by atoms with van der Waals surface area (Å²) in [6.07, 6.45) is 4.65. The number of aromatic nitrogens is 3. The third-order valence-electron chi connectivity index (χ3n) is 2.88. The van der Waals surface area contributed by atoms with Crippen LogP contribution in [0.5, 0.6) is 0 Å². The van der Waals surface area contributed by atoms with Gasteiger partial charge in [0.2, 0.25) is 0 Å². The molecule has 0 radical (unpaired) electrons. The van der Waals surface area contributed by atoms with Gasteiger partial charge >= 0.3 is 0 Å². The quantitative estimate of drug-likeness (QED) is 0.645. The van der Waals surface area contributed by atoms with Gasteiger partial charge in [0.05, 0.1) is 0 Å². The summed E-state index contributed by atoms with van der Waals surface area (Å²) in [4.78, 5) is 4.32. The fraction of sp³-hybridized carbons (Fsp3) is 0.846. The van der Waals surface area contributed by atoms with Gasteiger partial charge in [-0.05, 0) is 26.3 Å². The third kappa shape index (κ3) is 5.14. The van der Waals surface area contributed by atoms with Crippen LogP contribution < -0.4 is 5.32 Å². The summed E-state index contributed by atoms with van der Waals surface area (Å²) in [5.41, 5.74) is 0. The van der Waals surface area contributed by atoms with E-state index >= 15 is 0 Å². The molecule has 0 aliphatic carbocycles. The molecule has 0 fully saturated rings. The molecule has 0 bridgehead atoms. The molecule has 0 aromatic carbocycles. The van der Waals surface area contributed by atoms with E-state index in [4.69, 9.17) is 4.74 Å². The summed E-state index contributed by atoms with van der Waals surface area (Å²) in [6, 6.07) is 0.418. The molecule has 104 valence electrons. The zero-order valence-corrected chi connectivity index (χ0v) is 11.9. The first-order valence-electron chi connectivity index (χ1n) is 6.99. The number of nitrogens with one attached hydrogen (secondary N) is 1. The average molecular weight is 254 g/mol. The van der Waals surface area contributed by atoms with Crippen LogP contribution in [0.4, 0.5) is 0 Å². The van der Waals surface area contributed by atoms with Gasteiger partial charge in [-0.2, -0.15) is 5.10 Å². The van der Waals surface area contributed by atoms with Crippen molar-refractivity contribution in [2.24, 2.45) is 0 Å². The second kappa shape index (κ2) is 9.05. The molecular weight excluding hydrogens is 228 g/mol. The van der Waals surface area contributed by atoms with Gasteiger partial charge in [0.1, 0.15) is 12.2 Å². The number of hydrogen-bond donors (Lipinski definition) is 1. The van der Waals surface area contributed by atoms with Gasteiger partial charge in [-0.15, -0.1) is 0 Å². The lowest BCUT2D eigenvalue weighted by Crippen LogP contribution is -2.33. The van der Waals surface area contributed by atoms with E-state index in [9.17, 15) is 0 Å². The van der Waals surface area contributed by atoms with Crippen LogP contribution in [0.1, 0.15) is 39.4 Å². The second-order valence-electron chi connectivity index (χ2n) is 4.35. The first kappa shape index (κ1) is 15.1. The van der Waals surface area contributed by atoms with Gasteiger partial charge in [-0.1, -0.05) is 13.8 Å². The first-order chi connectivity index (χ1) is 8.81. The standard InChI is InChI=1S/C13H26N4O/c1-4-8-18-9-7-12(14-5-2)10-13-15-11-16-17(13)6-3/h11-12,14H,4-10H2,1-3H3. The van der Waals surface area contributed by atoms with Crippen LogP contribution in [0.2, 0.25) is 0 Å². The van der Waals surface area contributed by atoms with Crippen LogP contribution in [0, 0.1) is 0 Å². The Labute approximate surface area is 110 Å². The molecule has 5 nitrogen and oxygen atoms in total. The molecule has 0 spiro atoms. The Kier molecular flexibility index (Phi) is 7.60. The van der Waals surface area contributed by atoms with Gasteiger partial charge in [-0.3, -0.25) is 4.68 Å². The Balaban J connectivity index is 2.41. The van der Waals surface area contributed by atoms with E-state index in [1.165, 1.54) is 0 Å². The maximum atomic E-state index is 5.55. The van der Waals surface area contributed by atoms with E-state index in [0.29, 0.717) is 6.04 Å². The summed E-state index contributed by atoms with van der Waals surface area (Å²) in [6.45, 7) is 9.86. The molecule has 1 aromatic rings. The van der Waals surface area contributed by atoms with Crippen molar-refractivity contribution >= 4 is 0 Å². The van der Waals surface area contributed by atoms with Gasteiger partial charge in [0.25, 0.3) is 0 Å². The lowest BCUT2D eigenvalue weighted by molar-refractivity contribution is 0.124. The van der Waals surface area contributed by atoms with E-state index in [1.807, 2.05) is 4.68 Å². The highest BCUT2D eigenvalue weighted by Crippen LogP contribution is 2.04. The molecule has 5 heteroatoms. The van der Waals surface area contributed by atoms with Crippen LogP contribution in [0.3, 0.4) is 0 Å². The third-order valence-corrected chi connectivity index (χ3v) is 2.88. The highest BCUT2D eigenvalue weighted by molar-refractivity contribution is 4.89. The highest BCUT2D eigenvalue weighted by atomic mass is 16.5. The van der Waals surface area contributed by atoms with Crippen molar-refractivity contribution in [2.45, 2.75) is 52.6 Å². The summed E-state index contributed by atoms with van der Waals surface area (Å²) >= 11 is 0. The summed E-state index contributed by atoms with van der Waals surface area (Å²) < 4.78 is 7.51. The maximum Gasteiger partial charge on any atom is 0.138 e. The molecule has 1 N–H and O–H groups in total. The maximum absolute atomic E-state index is 5.55. The molecule has 1 atom stereocenters. The van der Waals surface area contributed by atoms with E-state index in [2.05, 4.69) is 36.2 Å². The van der Waals surface area contributed by atoms with Crippen LogP contribution in [0.15, 0.2) is 6.33 Å². The molecular formula is C13H26N4O. The first-order valence-corrected chi connectivity index (χ1v) is 6.99. The largest absolute Gasteiger partial charge is 0.381 e. The fourth-order valence-electron chi connectivity index (χ4n) is 1.97. The van der Waals surface area contributed by atoms with E-state index < -0.39 is 0 Å². The Bertz CT molecular complexity index is 314. The minimum absolute atomic E-state index is 0.418. The topological polar surface area (TPSA) is 52.0 Å². The number of hydrogen-bond acceptors (Lipinski definition) is 4. The molecule has 1 unspecified atom stereocenters. The number of likely N-dealkylation sites (N-methyl/N-ethyl adjacent to an activating group) is 1. The van der Waals surface area contributed by atoms with Crippen molar-refractivity contribution in [3.8, 4) is 0 Å². The van der Waals surface area contributed by atoms with E-state index in [1.54, 1.807) is 6.33 Å². The minimum Gasteiger partial charge on any atom is -0.381 e. The average Bonchev–Trinajstić information content (AvgIpc) is 2.82. The predicted molar refractivity (Wildman–Crippen MR) is 72.6 cm³/mol. The highest BCUT2D eigenvalue weighted by Gasteiger charge is 2.12. The monoisotopic (exact) mass is 254 g/mol. The van der Waals surface area contributed by atoms with Crippen LogP contribution in [-0.4, -0.2) is 40.6 Å². The molecule has 0 aliphatic rings. The predicted octanol–water partition coefficient (Wildman–Crippen LogP) is 1.64. The van der Waals surface area contributed by atoms with Gasteiger partial charge < -0.3 is 10.1 Å². The number of ether oxygens (including phenoxy) is 1. The Morgan fingerprint density at radius 3 is 2.83 bits per heavy atom. The molecule has 0 aliphatic heterocycles. The van der Waals surface area contributed by atoms with E-state index in [0.717, 1.165) is 51.4 Å². The Hall–Kier alpha value is -0.940. The van der Waals surface area contributed by atoms with Crippen molar-refractivity contribution < 1.29 is 4.74 Å². The minimum atomic E-state index is 0.418. The lowest BCUT2D eigenvalue weighted by Gasteiger charge is -2.17. The summed E-state index contributed by atoms with van der Waals surface area (Å²) in [5.74, 6) is 1.05. The Morgan fingerprint density at radius 2 is 2.17 bits per heavy atom. The SMILES string of the molecule is CCCOCCC(Cc1ncnn1CC)NCC. The summed E-state index contributed by atoms with van der Waals surface area (Å²) in [5, 5.41) is 7.69. The number of nitrogens with zero attached hydrogens (tertiary/aromatic N) is 3. The second-order valence-corrected chi connectivity index (χ2v) is 4.35. The zero-order valence-electron chi connectivity index (χ0n) is 11.9. The van der Waals surface area contributed by atoms with Crippen LogP contribution >= 0.6 is 0 Å². The molecule has 0 saturated heterocycles. The van der Waals surface area contributed by atoms with E-state index in [-0.39, 0.29) is 0 Å². The fourth-order valence-corrected chi connectivity index (χ4v) is 1.97. The summed E-state index contributed by atoms with van der Waals surface area (Å²) in [7, 11) is 0. The van der Waals surface area contributed by atoms with Crippen LogP contribution in [-0.2, 0) is 17.7 Å². The van der Waals surface area contributed by atoms with Gasteiger partial charge in [0, 0.05) is 32.2 Å². The van der Waals surface area contributed by atoms with Crippen molar-refractivity contribution in [3.05, 3.63) is 12.2 Å². The zero-order chi connectivity index (χ0) is 13.2. The van der Waals surface area contributed by atoms with Crippen molar-refractivity contribution in [3.63, 3.8) is 0 Å².